The van der Waals surface area contributed by atoms with E-state index < -0.39 is 0 Å². The standard InChI is InChI=1S/C17H26ClN3O2S/c1-12(2)9-14(11-22)20-17(23)19-13-3-4-16(15(18)10-13)21-5-7-24-8-6-21/h3-4,10,12,14,22H,5-9,11H2,1-2H3,(H2,19,20,23). The number of halogens is 1. The lowest BCUT2D eigenvalue weighted by Gasteiger charge is -2.29. The number of hydrogen-bond acceptors (Lipinski definition) is 4. The third kappa shape index (κ3) is 5.76. The van der Waals surface area contributed by atoms with Gasteiger partial charge in [-0.1, -0.05) is 25.4 Å². The van der Waals surface area contributed by atoms with Crippen LogP contribution in [-0.4, -0.2) is 48.4 Å². The van der Waals surface area contributed by atoms with E-state index in [1.165, 1.54) is 0 Å². The van der Waals surface area contributed by atoms with E-state index in [1.807, 2.05) is 23.9 Å². The molecule has 0 saturated carbocycles. The van der Waals surface area contributed by atoms with Gasteiger partial charge in [0.25, 0.3) is 0 Å². The minimum Gasteiger partial charge on any atom is -0.394 e. The SMILES string of the molecule is CC(C)CC(CO)NC(=O)Nc1ccc(N2CCSCC2)c(Cl)c1. The summed E-state index contributed by atoms with van der Waals surface area (Å²) in [5.41, 5.74) is 1.66. The van der Waals surface area contributed by atoms with Crippen LogP contribution in [0.5, 0.6) is 0 Å². The van der Waals surface area contributed by atoms with E-state index in [0.29, 0.717) is 16.6 Å². The van der Waals surface area contributed by atoms with E-state index in [1.54, 1.807) is 6.07 Å². The highest BCUT2D eigenvalue weighted by Gasteiger charge is 2.16. The minimum absolute atomic E-state index is 0.0712. The van der Waals surface area contributed by atoms with Crippen LogP contribution in [0.2, 0.25) is 5.02 Å². The van der Waals surface area contributed by atoms with E-state index in [9.17, 15) is 9.90 Å². The number of carbonyl (C=O) groups excluding carboxylic acids is 1. The molecule has 0 spiro atoms. The van der Waals surface area contributed by atoms with Crippen molar-refractivity contribution in [2.75, 3.05) is 41.4 Å². The van der Waals surface area contributed by atoms with Gasteiger partial charge in [-0.25, -0.2) is 4.79 Å². The van der Waals surface area contributed by atoms with Gasteiger partial charge in [0.1, 0.15) is 0 Å². The fraction of sp³-hybridized carbons (Fsp3) is 0.588. The largest absolute Gasteiger partial charge is 0.394 e. The number of benzene rings is 1. The van der Waals surface area contributed by atoms with Crippen LogP contribution in [0.3, 0.4) is 0 Å². The number of amides is 2. The van der Waals surface area contributed by atoms with Crippen LogP contribution in [-0.2, 0) is 0 Å². The van der Waals surface area contributed by atoms with Crippen LogP contribution < -0.4 is 15.5 Å². The van der Waals surface area contributed by atoms with E-state index in [-0.39, 0.29) is 18.7 Å². The van der Waals surface area contributed by atoms with Crippen molar-refractivity contribution in [3.8, 4) is 0 Å². The Bertz CT molecular complexity index is 551. The van der Waals surface area contributed by atoms with E-state index in [4.69, 9.17) is 11.6 Å². The van der Waals surface area contributed by atoms with Crippen molar-refractivity contribution in [3.63, 3.8) is 0 Å². The molecule has 24 heavy (non-hydrogen) atoms. The zero-order valence-electron chi connectivity index (χ0n) is 14.2. The number of nitrogens with one attached hydrogen (secondary N) is 2. The van der Waals surface area contributed by atoms with Crippen molar-refractivity contribution >= 4 is 40.8 Å². The maximum atomic E-state index is 12.1. The predicted molar refractivity (Wildman–Crippen MR) is 103 cm³/mol. The Morgan fingerprint density at radius 1 is 1.38 bits per heavy atom. The van der Waals surface area contributed by atoms with Gasteiger partial charge in [-0.15, -0.1) is 0 Å². The van der Waals surface area contributed by atoms with Crippen molar-refractivity contribution in [1.29, 1.82) is 0 Å². The van der Waals surface area contributed by atoms with Crippen LogP contribution in [0.25, 0.3) is 0 Å². The monoisotopic (exact) mass is 371 g/mol. The molecule has 5 nitrogen and oxygen atoms in total. The van der Waals surface area contributed by atoms with Gasteiger partial charge in [0.2, 0.25) is 0 Å². The molecule has 1 aromatic rings. The summed E-state index contributed by atoms with van der Waals surface area (Å²) < 4.78 is 0. The van der Waals surface area contributed by atoms with E-state index in [2.05, 4.69) is 29.4 Å². The second-order valence-corrected chi connectivity index (χ2v) is 8.01. The van der Waals surface area contributed by atoms with Gasteiger partial charge in [-0.2, -0.15) is 11.8 Å². The number of urea groups is 1. The second kappa shape index (κ2) is 9.39. The molecule has 0 radical (unpaired) electrons. The van der Waals surface area contributed by atoms with Gasteiger partial charge < -0.3 is 20.6 Å². The Kier molecular flexibility index (Phi) is 7.52. The lowest BCUT2D eigenvalue weighted by Crippen LogP contribution is -2.41. The van der Waals surface area contributed by atoms with Crippen LogP contribution in [0.4, 0.5) is 16.2 Å². The number of aliphatic hydroxyl groups excluding tert-OH is 1. The Morgan fingerprint density at radius 3 is 2.67 bits per heavy atom. The van der Waals surface area contributed by atoms with Gasteiger partial charge in [0.15, 0.2) is 0 Å². The first-order chi connectivity index (χ1) is 11.5. The number of carbonyl (C=O) groups is 1. The molecule has 0 bridgehead atoms. The molecule has 0 aliphatic carbocycles. The fourth-order valence-electron chi connectivity index (χ4n) is 2.75. The van der Waals surface area contributed by atoms with Crippen molar-refractivity contribution in [2.45, 2.75) is 26.3 Å². The molecule has 1 saturated heterocycles. The summed E-state index contributed by atoms with van der Waals surface area (Å²) in [4.78, 5) is 14.3. The number of rotatable bonds is 6. The Hall–Kier alpha value is -1.11. The first-order valence-electron chi connectivity index (χ1n) is 8.30. The third-order valence-corrected chi connectivity index (χ3v) is 5.11. The highest BCUT2D eigenvalue weighted by molar-refractivity contribution is 7.99. The lowest BCUT2D eigenvalue weighted by atomic mass is 10.0. The summed E-state index contributed by atoms with van der Waals surface area (Å²) in [6.07, 6.45) is 0.733. The van der Waals surface area contributed by atoms with Gasteiger partial charge in [-0.3, -0.25) is 0 Å². The Labute approximate surface area is 153 Å². The fourth-order valence-corrected chi connectivity index (χ4v) is 3.95. The Balaban J connectivity index is 1.94. The molecule has 3 N–H and O–H groups in total. The summed E-state index contributed by atoms with van der Waals surface area (Å²) in [5, 5.41) is 15.6. The highest BCUT2D eigenvalue weighted by Crippen LogP contribution is 2.30. The molecular formula is C17H26ClN3O2S. The van der Waals surface area contributed by atoms with Crippen molar-refractivity contribution in [1.82, 2.24) is 5.32 Å². The van der Waals surface area contributed by atoms with Crippen molar-refractivity contribution < 1.29 is 9.90 Å². The molecule has 1 unspecified atom stereocenters. The van der Waals surface area contributed by atoms with Gasteiger partial charge in [0.05, 0.1) is 23.4 Å². The highest BCUT2D eigenvalue weighted by atomic mass is 35.5. The van der Waals surface area contributed by atoms with Crippen molar-refractivity contribution in [3.05, 3.63) is 23.2 Å². The summed E-state index contributed by atoms with van der Waals surface area (Å²) in [6.45, 7) is 6.02. The summed E-state index contributed by atoms with van der Waals surface area (Å²) in [5.74, 6) is 2.62. The first-order valence-corrected chi connectivity index (χ1v) is 9.83. The normalized spacial score (nSPS) is 16.1. The number of aliphatic hydroxyl groups is 1. The third-order valence-electron chi connectivity index (χ3n) is 3.87. The summed E-state index contributed by atoms with van der Waals surface area (Å²) >= 11 is 8.34. The van der Waals surface area contributed by atoms with Gasteiger partial charge >= 0.3 is 6.03 Å². The number of anilines is 2. The van der Waals surface area contributed by atoms with Gasteiger partial charge in [-0.05, 0) is 30.5 Å². The zero-order chi connectivity index (χ0) is 17.5. The van der Waals surface area contributed by atoms with E-state index >= 15 is 0 Å². The average Bonchev–Trinajstić information content (AvgIpc) is 2.54. The molecular weight excluding hydrogens is 346 g/mol. The molecule has 2 amide bonds. The predicted octanol–water partition coefficient (Wildman–Crippen LogP) is 3.42. The molecule has 7 heteroatoms. The molecule has 1 atom stereocenters. The summed E-state index contributed by atoms with van der Waals surface area (Å²) in [6, 6.07) is 5.01. The number of hydrogen-bond donors (Lipinski definition) is 3. The lowest BCUT2D eigenvalue weighted by molar-refractivity contribution is 0.214. The summed E-state index contributed by atoms with van der Waals surface area (Å²) in [7, 11) is 0. The maximum absolute atomic E-state index is 12.1. The number of thioether (sulfide) groups is 1. The molecule has 1 aliphatic heterocycles. The second-order valence-electron chi connectivity index (χ2n) is 6.37. The molecule has 1 heterocycles. The number of nitrogens with zero attached hydrogens (tertiary/aromatic N) is 1. The van der Waals surface area contributed by atoms with Crippen LogP contribution in [0.15, 0.2) is 18.2 Å². The van der Waals surface area contributed by atoms with Crippen LogP contribution >= 0.6 is 23.4 Å². The quantitative estimate of drug-likeness (QED) is 0.716. The molecule has 1 aromatic carbocycles. The zero-order valence-corrected chi connectivity index (χ0v) is 15.8. The Morgan fingerprint density at radius 2 is 2.08 bits per heavy atom. The maximum Gasteiger partial charge on any atom is 0.319 e. The minimum atomic E-state index is -0.326. The van der Waals surface area contributed by atoms with E-state index in [0.717, 1.165) is 36.7 Å². The molecule has 1 aliphatic rings. The molecule has 1 fully saturated rings. The molecule has 0 aromatic heterocycles. The van der Waals surface area contributed by atoms with Crippen molar-refractivity contribution in [2.24, 2.45) is 5.92 Å². The van der Waals surface area contributed by atoms with Crippen LogP contribution in [0, 0.1) is 5.92 Å². The smallest absolute Gasteiger partial charge is 0.319 e. The topological polar surface area (TPSA) is 64.6 Å². The van der Waals surface area contributed by atoms with Gasteiger partial charge in [0, 0.05) is 30.3 Å². The molecule has 2 rings (SSSR count). The molecule has 134 valence electrons. The van der Waals surface area contributed by atoms with Crippen LogP contribution in [0.1, 0.15) is 20.3 Å². The first kappa shape index (κ1) is 19.2. The average molecular weight is 372 g/mol.